The summed E-state index contributed by atoms with van der Waals surface area (Å²) in [4.78, 5) is 14.3. The molecule has 0 unspecified atom stereocenters. The summed E-state index contributed by atoms with van der Waals surface area (Å²) in [5.74, 6) is 0. The molecule has 4 rings (SSSR count). The van der Waals surface area contributed by atoms with Gasteiger partial charge in [0.15, 0.2) is 5.65 Å². The highest BCUT2D eigenvalue weighted by Gasteiger charge is 2.18. The maximum Gasteiger partial charge on any atom is 0.177 e. The molecule has 1 aromatic carbocycles. The molecule has 3 aromatic rings. The highest BCUT2D eigenvalue weighted by molar-refractivity contribution is 5.77. The largest absolute Gasteiger partial charge is 0.343 e. The minimum absolute atomic E-state index is 0.498. The highest BCUT2D eigenvalue weighted by Crippen LogP contribution is 2.27. The van der Waals surface area contributed by atoms with E-state index in [1.807, 2.05) is 6.20 Å². The Bertz CT molecular complexity index is 784. The summed E-state index contributed by atoms with van der Waals surface area (Å²) in [5.41, 5.74) is 5.46. The maximum atomic E-state index is 4.40. The second-order valence-corrected chi connectivity index (χ2v) is 6.39. The molecule has 4 nitrogen and oxygen atoms in total. The van der Waals surface area contributed by atoms with E-state index in [2.05, 4.69) is 57.1 Å². The van der Waals surface area contributed by atoms with Crippen molar-refractivity contribution in [3.63, 3.8) is 0 Å². The van der Waals surface area contributed by atoms with Gasteiger partial charge in [-0.15, -0.1) is 0 Å². The summed E-state index contributed by atoms with van der Waals surface area (Å²) in [6.45, 7) is 4.77. The van der Waals surface area contributed by atoms with E-state index >= 15 is 0 Å². The van der Waals surface area contributed by atoms with Gasteiger partial charge >= 0.3 is 0 Å². The van der Waals surface area contributed by atoms with Crippen molar-refractivity contribution in [1.29, 1.82) is 0 Å². The van der Waals surface area contributed by atoms with Gasteiger partial charge < -0.3 is 4.98 Å². The Balaban J connectivity index is 1.57. The van der Waals surface area contributed by atoms with Crippen molar-refractivity contribution in [2.45, 2.75) is 32.2 Å². The van der Waals surface area contributed by atoms with Gasteiger partial charge in [-0.3, -0.25) is 4.90 Å². The lowest BCUT2D eigenvalue weighted by Crippen LogP contribution is -2.32. The van der Waals surface area contributed by atoms with E-state index in [-0.39, 0.29) is 0 Å². The van der Waals surface area contributed by atoms with Crippen LogP contribution in [0.25, 0.3) is 22.3 Å². The van der Waals surface area contributed by atoms with Crippen LogP contribution in [-0.4, -0.2) is 32.9 Å². The number of benzene rings is 1. The number of piperidine rings is 1. The van der Waals surface area contributed by atoms with Gasteiger partial charge in [0, 0.05) is 17.8 Å². The number of imidazole rings is 1. The van der Waals surface area contributed by atoms with Crippen LogP contribution in [0, 0.1) is 0 Å². The molecule has 1 atom stereocenters. The molecule has 0 amide bonds. The molecule has 2 aromatic heterocycles. The fourth-order valence-corrected chi connectivity index (χ4v) is 3.46. The first-order valence-corrected chi connectivity index (χ1v) is 8.45. The van der Waals surface area contributed by atoms with Crippen LogP contribution in [0.3, 0.4) is 0 Å². The number of pyridine rings is 1. The molecule has 0 radical (unpaired) electrons. The number of fused-ring (bicyclic) bond motifs is 1. The zero-order valence-electron chi connectivity index (χ0n) is 13.5. The molecule has 0 aliphatic carbocycles. The molecule has 1 saturated heterocycles. The fourth-order valence-electron chi connectivity index (χ4n) is 3.46. The molecular formula is C19H22N4. The number of hydrogen-bond donors (Lipinski definition) is 1. The predicted molar refractivity (Wildman–Crippen MR) is 93.2 cm³/mol. The zero-order chi connectivity index (χ0) is 15.6. The van der Waals surface area contributed by atoms with Gasteiger partial charge in [-0.25, -0.2) is 9.97 Å². The van der Waals surface area contributed by atoms with Crippen LogP contribution in [0.5, 0.6) is 0 Å². The molecule has 1 aliphatic rings. The molecule has 0 saturated carbocycles. The summed E-state index contributed by atoms with van der Waals surface area (Å²) in [6, 6.07) is 11.5. The van der Waals surface area contributed by atoms with Gasteiger partial charge in [0.25, 0.3) is 0 Å². The van der Waals surface area contributed by atoms with E-state index in [0.717, 1.165) is 16.7 Å². The van der Waals surface area contributed by atoms with Gasteiger partial charge in [-0.1, -0.05) is 30.7 Å². The molecular weight excluding hydrogens is 284 g/mol. The van der Waals surface area contributed by atoms with Crippen molar-refractivity contribution in [3.8, 4) is 11.1 Å². The number of nitrogens with one attached hydrogen (secondary N) is 1. The molecule has 3 heterocycles. The summed E-state index contributed by atoms with van der Waals surface area (Å²) < 4.78 is 0. The Labute approximate surface area is 136 Å². The summed E-state index contributed by atoms with van der Waals surface area (Å²) >= 11 is 0. The molecule has 23 heavy (non-hydrogen) atoms. The predicted octanol–water partition coefficient (Wildman–Crippen LogP) is 4.17. The SMILES string of the molecule is C[C@@H](c1ccc(-c2cnc3nc[nH]c3c2)cc1)N1CCCCC1. The molecule has 1 aliphatic heterocycles. The van der Waals surface area contributed by atoms with Crippen LogP contribution < -0.4 is 0 Å². The Kier molecular flexibility index (Phi) is 3.83. The fraction of sp³-hybridized carbons (Fsp3) is 0.368. The molecule has 0 bridgehead atoms. The standard InChI is InChI=1S/C19H22N4/c1-14(23-9-3-2-4-10-23)15-5-7-16(8-6-15)17-11-18-19(20-12-17)22-13-21-18/h5-8,11-14H,2-4,9-10H2,1H3,(H,20,21,22)/t14-/m0/s1. The number of aromatic amines is 1. The number of H-pyrrole nitrogens is 1. The van der Waals surface area contributed by atoms with Crippen molar-refractivity contribution >= 4 is 11.2 Å². The Morgan fingerprint density at radius 2 is 1.78 bits per heavy atom. The normalized spacial score (nSPS) is 17.4. The summed E-state index contributed by atoms with van der Waals surface area (Å²) in [7, 11) is 0. The number of likely N-dealkylation sites (tertiary alicyclic amines) is 1. The van der Waals surface area contributed by atoms with Crippen molar-refractivity contribution in [2.24, 2.45) is 0 Å². The average molecular weight is 306 g/mol. The monoisotopic (exact) mass is 306 g/mol. The zero-order valence-corrected chi connectivity index (χ0v) is 13.5. The van der Waals surface area contributed by atoms with Crippen molar-refractivity contribution < 1.29 is 0 Å². The second-order valence-electron chi connectivity index (χ2n) is 6.39. The first-order valence-electron chi connectivity index (χ1n) is 8.45. The van der Waals surface area contributed by atoms with Gasteiger partial charge in [0.05, 0.1) is 11.8 Å². The number of hydrogen-bond acceptors (Lipinski definition) is 3. The minimum Gasteiger partial charge on any atom is -0.343 e. The first-order chi connectivity index (χ1) is 11.3. The molecule has 1 fully saturated rings. The van der Waals surface area contributed by atoms with E-state index in [1.54, 1.807) is 6.33 Å². The number of nitrogens with zero attached hydrogens (tertiary/aromatic N) is 3. The lowest BCUT2D eigenvalue weighted by molar-refractivity contribution is 0.175. The van der Waals surface area contributed by atoms with E-state index in [1.165, 1.54) is 43.5 Å². The van der Waals surface area contributed by atoms with E-state index in [0.29, 0.717) is 6.04 Å². The Morgan fingerprint density at radius 1 is 1.00 bits per heavy atom. The lowest BCUT2D eigenvalue weighted by atomic mass is 10.00. The number of aromatic nitrogens is 3. The topological polar surface area (TPSA) is 44.8 Å². The number of rotatable bonds is 3. The third-order valence-electron chi connectivity index (χ3n) is 4.94. The van der Waals surface area contributed by atoms with Crippen molar-refractivity contribution in [1.82, 2.24) is 19.9 Å². The quantitative estimate of drug-likeness (QED) is 0.790. The van der Waals surface area contributed by atoms with Gasteiger partial charge in [-0.05, 0) is 50.0 Å². The molecule has 118 valence electrons. The minimum atomic E-state index is 0.498. The van der Waals surface area contributed by atoms with E-state index in [9.17, 15) is 0 Å². The lowest BCUT2D eigenvalue weighted by Gasteiger charge is -2.32. The van der Waals surface area contributed by atoms with Crippen LogP contribution in [0.4, 0.5) is 0 Å². The molecule has 0 spiro atoms. The van der Waals surface area contributed by atoms with E-state index in [4.69, 9.17) is 0 Å². The average Bonchev–Trinajstić information content (AvgIpc) is 3.10. The van der Waals surface area contributed by atoms with Crippen molar-refractivity contribution in [2.75, 3.05) is 13.1 Å². The summed E-state index contributed by atoms with van der Waals surface area (Å²) in [6.07, 6.45) is 7.62. The second kappa shape index (κ2) is 6.13. The van der Waals surface area contributed by atoms with Crippen LogP contribution in [0.1, 0.15) is 37.8 Å². The summed E-state index contributed by atoms with van der Waals surface area (Å²) in [5, 5.41) is 0. The van der Waals surface area contributed by atoms with Gasteiger partial charge in [0.1, 0.15) is 0 Å². The molecule has 1 N–H and O–H groups in total. The van der Waals surface area contributed by atoms with Crippen molar-refractivity contribution in [3.05, 3.63) is 48.4 Å². The first kappa shape index (κ1) is 14.4. The molecule has 4 heteroatoms. The van der Waals surface area contributed by atoms with Gasteiger partial charge in [0.2, 0.25) is 0 Å². The highest BCUT2D eigenvalue weighted by atomic mass is 15.2. The van der Waals surface area contributed by atoms with Gasteiger partial charge in [-0.2, -0.15) is 0 Å². The smallest absolute Gasteiger partial charge is 0.177 e. The van der Waals surface area contributed by atoms with Crippen LogP contribution in [0.15, 0.2) is 42.9 Å². The third kappa shape index (κ3) is 2.86. The van der Waals surface area contributed by atoms with Crippen LogP contribution >= 0.6 is 0 Å². The van der Waals surface area contributed by atoms with Crippen LogP contribution in [0.2, 0.25) is 0 Å². The third-order valence-corrected chi connectivity index (χ3v) is 4.94. The maximum absolute atomic E-state index is 4.40. The van der Waals surface area contributed by atoms with Crippen LogP contribution in [-0.2, 0) is 0 Å². The van der Waals surface area contributed by atoms with E-state index < -0.39 is 0 Å². The Morgan fingerprint density at radius 3 is 2.57 bits per heavy atom. The Hall–Kier alpha value is -2.20.